The number of aliphatic imine (C=N–C) groups is 1. The molecule has 1 fully saturated rings. The first-order valence-electron chi connectivity index (χ1n) is 11.2. The maximum absolute atomic E-state index is 12.4. The summed E-state index contributed by atoms with van der Waals surface area (Å²) < 4.78 is 10.8. The Morgan fingerprint density at radius 1 is 1.19 bits per heavy atom. The highest BCUT2D eigenvalue weighted by Gasteiger charge is 2.28. The Hall–Kier alpha value is -2.44. The quantitative estimate of drug-likeness (QED) is 0.434. The molecule has 7 nitrogen and oxygen atoms in total. The van der Waals surface area contributed by atoms with Gasteiger partial charge in [-0.25, -0.2) is 0 Å². The van der Waals surface area contributed by atoms with Gasteiger partial charge in [0.2, 0.25) is 5.91 Å². The Bertz CT molecular complexity index is 761. The van der Waals surface area contributed by atoms with Crippen LogP contribution in [0.2, 0.25) is 0 Å². The van der Waals surface area contributed by atoms with Crippen LogP contribution >= 0.6 is 0 Å². The molecule has 0 aliphatic heterocycles. The van der Waals surface area contributed by atoms with E-state index in [0.29, 0.717) is 6.54 Å². The third-order valence-electron chi connectivity index (χ3n) is 5.90. The van der Waals surface area contributed by atoms with Crippen molar-refractivity contribution in [2.24, 2.45) is 10.9 Å². The van der Waals surface area contributed by atoms with E-state index in [9.17, 15) is 4.79 Å². The van der Waals surface area contributed by atoms with Crippen LogP contribution in [0, 0.1) is 5.92 Å². The number of nitrogens with one attached hydrogen (secondary N) is 3. The molecular weight excluding hydrogens is 392 g/mol. The minimum absolute atomic E-state index is 0.0648. The number of carbonyl (C=O) groups is 1. The van der Waals surface area contributed by atoms with Gasteiger partial charge in [0.15, 0.2) is 17.5 Å². The molecule has 1 aromatic carbocycles. The number of rotatable bonds is 8. The molecule has 2 atom stereocenters. The average molecular weight is 433 g/mol. The molecule has 1 amide bonds. The Morgan fingerprint density at radius 2 is 1.90 bits per heavy atom. The third kappa shape index (κ3) is 7.04. The fourth-order valence-electron chi connectivity index (χ4n) is 4.01. The largest absolute Gasteiger partial charge is 0.493 e. The zero-order chi connectivity index (χ0) is 23.0. The molecule has 31 heavy (non-hydrogen) atoms. The van der Waals surface area contributed by atoms with Crippen molar-refractivity contribution in [2.45, 2.75) is 70.9 Å². The Balaban J connectivity index is 1.96. The van der Waals surface area contributed by atoms with Gasteiger partial charge in [-0.05, 0) is 50.8 Å². The van der Waals surface area contributed by atoms with Crippen LogP contribution in [-0.4, -0.2) is 51.8 Å². The Morgan fingerprint density at radius 3 is 2.52 bits per heavy atom. The van der Waals surface area contributed by atoms with Crippen molar-refractivity contribution >= 4 is 11.9 Å². The molecule has 2 rings (SSSR count). The van der Waals surface area contributed by atoms with Crippen LogP contribution in [0.4, 0.5) is 0 Å². The molecule has 1 aliphatic rings. The highest BCUT2D eigenvalue weighted by molar-refractivity contribution is 5.81. The van der Waals surface area contributed by atoms with E-state index in [1.165, 1.54) is 0 Å². The Kier molecular flexibility index (Phi) is 9.01. The molecule has 1 aliphatic carbocycles. The summed E-state index contributed by atoms with van der Waals surface area (Å²) in [6.07, 6.45) is 3.88. The average Bonchev–Trinajstić information content (AvgIpc) is 2.75. The summed E-state index contributed by atoms with van der Waals surface area (Å²) >= 11 is 0. The van der Waals surface area contributed by atoms with E-state index in [4.69, 9.17) is 9.47 Å². The van der Waals surface area contributed by atoms with Gasteiger partial charge in [0, 0.05) is 37.0 Å². The van der Waals surface area contributed by atoms with Crippen molar-refractivity contribution in [1.82, 2.24) is 16.0 Å². The highest BCUT2D eigenvalue weighted by Crippen LogP contribution is 2.33. The van der Waals surface area contributed by atoms with Crippen molar-refractivity contribution in [3.63, 3.8) is 0 Å². The van der Waals surface area contributed by atoms with Gasteiger partial charge in [-0.15, -0.1) is 0 Å². The van der Waals surface area contributed by atoms with Crippen LogP contribution in [-0.2, 0) is 10.2 Å². The van der Waals surface area contributed by atoms with Crippen molar-refractivity contribution in [1.29, 1.82) is 0 Å². The Labute approximate surface area is 187 Å². The highest BCUT2D eigenvalue weighted by atomic mass is 16.5. The molecule has 0 bridgehead atoms. The van der Waals surface area contributed by atoms with Gasteiger partial charge >= 0.3 is 0 Å². The second-order valence-corrected chi connectivity index (χ2v) is 9.25. The van der Waals surface area contributed by atoms with Crippen LogP contribution in [0.25, 0.3) is 0 Å². The SMILES string of the molecule is CN=C(NCC(C)(C)c1ccc(OC)c(OC)c1)NC1CCCC(C(=O)NC(C)C)C1. The molecule has 0 radical (unpaired) electrons. The van der Waals surface area contributed by atoms with Crippen molar-refractivity contribution in [3.8, 4) is 11.5 Å². The van der Waals surface area contributed by atoms with Gasteiger partial charge < -0.3 is 25.4 Å². The van der Waals surface area contributed by atoms with Gasteiger partial charge in [-0.2, -0.15) is 0 Å². The van der Waals surface area contributed by atoms with Crippen LogP contribution in [0.3, 0.4) is 0 Å². The number of hydrogen-bond acceptors (Lipinski definition) is 4. The molecule has 0 spiro atoms. The minimum atomic E-state index is -0.149. The molecular formula is C24H40N4O3. The van der Waals surface area contributed by atoms with Crippen molar-refractivity contribution in [2.75, 3.05) is 27.8 Å². The lowest BCUT2D eigenvalue weighted by Gasteiger charge is -2.32. The van der Waals surface area contributed by atoms with Gasteiger partial charge in [0.1, 0.15) is 0 Å². The summed E-state index contributed by atoms with van der Waals surface area (Å²) in [5.41, 5.74) is 1.000. The zero-order valence-electron chi connectivity index (χ0n) is 20.2. The van der Waals surface area contributed by atoms with E-state index in [0.717, 1.165) is 48.7 Å². The number of benzene rings is 1. The van der Waals surface area contributed by atoms with Crippen molar-refractivity contribution in [3.05, 3.63) is 23.8 Å². The lowest BCUT2D eigenvalue weighted by molar-refractivity contribution is -0.126. The predicted octanol–water partition coefficient (Wildman–Crippen LogP) is 3.23. The molecule has 2 unspecified atom stereocenters. The minimum Gasteiger partial charge on any atom is -0.493 e. The summed E-state index contributed by atoms with van der Waals surface area (Å²) in [6, 6.07) is 6.45. The van der Waals surface area contributed by atoms with Crippen LogP contribution < -0.4 is 25.4 Å². The van der Waals surface area contributed by atoms with E-state index < -0.39 is 0 Å². The number of carbonyl (C=O) groups excluding carboxylic acids is 1. The molecule has 174 valence electrons. The monoisotopic (exact) mass is 432 g/mol. The lowest BCUT2D eigenvalue weighted by atomic mass is 9.84. The number of nitrogens with zero attached hydrogens (tertiary/aromatic N) is 1. The zero-order valence-corrected chi connectivity index (χ0v) is 20.2. The van der Waals surface area contributed by atoms with E-state index in [2.05, 4.69) is 40.9 Å². The van der Waals surface area contributed by atoms with Gasteiger partial charge in [0.25, 0.3) is 0 Å². The molecule has 1 aromatic rings. The maximum Gasteiger partial charge on any atom is 0.223 e. The fourth-order valence-corrected chi connectivity index (χ4v) is 4.01. The number of ether oxygens (including phenoxy) is 2. The molecule has 0 saturated heterocycles. The number of methoxy groups -OCH3 is 2. The molecule has 7 heteroatoms. The topological polar surface area (TPSA) is 84.0 Å². The van der Waals surface area contributed by atoms with E-state index >= 15 is 0 Å². The van der Waals surface area contributed by atoms with Crippen LogP contribution in [0.15, 0.2) is 23.2 Å². The third-order valence-corrected chi connectivity index (χ3v) is 5.90. The van der Waals surface area contributed by atoms with E-state index in [1.54, 1.807) is 21.3 Å². The second kappa shape index (κ2) is 11.3. The second-order valence-electron chi connectivity index (χ2n) is 9.25. The first kappa shape index (κ1) is 24.8. The van der Waals surface area contributed by atoms with Crippen LogP contribution in [0.1, 0.15) is 58.9 Å². The molecule has 0 aromatic heterocycles. The standard InChI is InChI=1S/C24H40N4O3/c1-16(2)27-22(29)17-9-8-10-19(13-17)28-23(25-5)26-15-24(3,4)18-11-12-20(30-6)21(14-18)31-7/h11-12,14,16-17,19H,8-10,13,15H2,1-7H3,(H,27,29)(H2,25,26,28). The number of hydrogen-bond donors (Lipinski definition) is 3. The summed E-state index contributed by atoms with van der Waals surface area (Å²) in [5, 5.41) is 10.0. The number of guanidine groups is 1. The van der Waals surface area contributed by atoms with Gasteiger partial charge in [-0.3, -0.25) is 9.79 Å². The van der Waals surface area contributed by atoms with Crippen molar-refractivity contribution < 1.29 is 14.3 Å². The number of amides is 1. The van der Waals surface area contributed by atoms with Crippen LogP contribution in [0.5, 0.6) is 11.5 Å². The molecule has 3 N–H and O–H groups in total. The van der Waals surface area contributed by atoms with Gasteiger partial charge in [-0.1, -0.05) is 26.3 Å². The fraction of sp³-hybridized carbons (Fsp3) is 0.667. The van der Waals surface area contributed by atoms with E-state index in [1.807, 2.05) is 26.0 Å². The lowest BCUT2D eigenvalue weighted by Crippen LogP contribution is -2.49. The van der Waals surface area contributed by atoms with E-state index in [-0.39, 0.29) is 29.3 Å². The predicted molar refractivity (Wildman–Crippen MR) is 126 cm³/mol. The first-order chi connectivity index (χ1) is 14.7. The summed E-state index contributed by atoms with van der Waals surface area (Å²) in [6.45, 7) is 9.07. The summed E-state index contributed by atoms with van der Waals surface area (Å²) in [4.78, 5) is 16.8. The maximum atomic E-state index is 12.4. The molecule has 1 saturated carbocycles. The smallest absolute Gasteiger partial charge is 0.223 e. The van der Waals surface area contributed by atoms with Gasteiger partial charge in [0.05, 0.1) is 14.2 Å². The normalized spacial score (nSPS) is 19.7. The molecule has 0 heterocycles. The summed E-state index contributed by atoms with van der Waals surface area (Å²) in [5.74, 6) is 2.45. The first-order valence-corrected chi connectivity index (χ1v) is 11.2. The summed E-state index contributed by atoms with van der Waals surface area (Å²) in [7, 11) is 5.07.